The number of benzene rings is 1. The number of amides is 1. The first kappa shape index (κ1) is 26.4. The van der Waals surface area contributed by atoms with Crippen LogP contribution in [0.1, 0.15) is 76.3 Å². The summed E-state index contributed by atoms with van der Waals surface area (Å²) in [6.07, 6.45) is 19.1. The van der Waals surface area contributed by atoms with Gasteiger partial charge in [-0.25, -0.2) is 0 Å². The van der Waals surface area contributed by atoms with Crippen LogP contribution in [0.3, 0.4) is 0 Å². The van der Waals surface area contributed by atoms with Crippen molar-refractivity contribution >= 4 is 11.5 Å². The fourth-order valence-corrected chi connectivity index (χ4v) is 3.85. The molecule has 0 aliphatic carbocycles. The van der Waals surface area contributed by atoms with Crippen molar-refractivity contribution < 1.29 is 9.53 Å². The fourth-order valence-electron chi connectivity index (χ4n) is 3.85. The molecule has 1 aromatic heterocycles. The highest BCUT2D eigenvalue weighted by Gasteiger charge is 2.08. The molecule has 0 saturated heterocycles. The van der Waals surface area contributed by atoms with E-state index in [-0.39, 0.29) is 11.9 Å². The number of aryl methyl sites for hydroxylation is 1. The lowest BCUT2D eigenvalue weighted by Gasteiger charge is -2.15. The summed E-state index contributed by atoms with van der Waals surface area (Å²) in [5, 5.41) is 3.15. The zero-order valence-electron chi connectivity index (χ0n) is 20.6. The lowest BCUT2D eigenvalue weighted by atomic mass is 9.98. The van der Waals surface area contributed by atoms with E-state index in [4.69, 9.17) is 4.74 Å². The van der Waals surface area contributed by atoms with Crippen molar-refractivity contribution in [2.45, 2.75) is 77.7 Å². The molecule has 1 aromatic carbocycles. The normalized spacial score (nSPS) is 12.6. The lowest BCUT2D eigenvalue weighted by Crippen LogP contribution is -2.33. The van der Waals surface area contributed by atoms with Gasteiger partial charge >= 0.3 is 0 Å². The molecule has 2 aromatic rings. The van der Waals surface area contributed by atoms with E-state index in [0.29, 0.717) is 0 Å². The fraction of sp³-hybridized carbons (Fsp3) is 0.448. The molecule has 4 nitrogen and oxygen atoms in total. The maximum Gasteiger partial charge on any atom is 0.244 e. The van der Waals surface area contributed by atoms with E-state index in [1.165, 1.54) is 36.0 Å². The van der Waals surface area contributed by atoms with Crippen molar-refractivity contribution in [2.24, 2.45) is 0 Å². The molecule has 0 unspecified atom stereocenters. The third kappa shape index (κ3) is 10.5. The number of aromatic nitrogens is 1. The number of nitrogens with one attached hydrogen (secondary N) is 1. The number of methoxy groups -OCH3 is 1. The van der Waals surface area contributed by atoms with Gasteiger partial charge in [-0.1, -0.05) is 63.5 Å². The third-order valence-corrected chi connectivity index (χ3v) is 5.89. The molecule has 2 rings (SSSR count). The van der Waals surface area contributed by atoms with Crippen LogP contribution in [-0.2, 0) is 11.2 Å². The van der Waals surface area contributed by atoms with E-state index in [2.05, 4.69) is 48.4 Å². The van der Waals surface area contributed by atoms with Crippen LogP contribution in [0.5, 0.6) is 5.75 Å². The van der Waals surface area contributed by atoms with Gasteiger partial charge in [0, 0.05) is 24.5 Å². The molecule has 4 heteroatoms. The number of carbonyl (C=O) groups excluding carboxylic acids is 1. The second kappa shape index (κ2) is 15.8. The smallest absolute Gasteiger partial charge is 0.244 e. The second-order valence-corrected chi connectivity index (χ2v) is 8.46. The number of rotatable bonds is 15. The summed E-state index contributed by atoms with van der Waals surface area (Å²) in [5.41, 5.74) is 3.68. The number of ether oxygens (including phenoxy) is 1. The van der Waals surface area contributed by atoms with Crippen LogP contribution < -0.4 is 10.1 Å². The average Bonchev–Trinajstić information content (AvgIpc) is 2.85. The number of pyridine rings is 1. The van der Waals surface area contributed by atoms with Gasteiger partial charge in [-0.2, -0.15) is 0 Å². The third-order valence-electron chi connectivity index (χ3n) is 5.89. The van der Waals surface area contributed by atoms with Gasteiger partial charge in [-0.05, 0) is 73.4 Å². The molecule has 0 aliphatic rings. The number of unbranched alkanes of at least 4 members (excludes halogenated alkanes) is 3. The summed E-state index contributed by atoms with van der Waals surface area (Å²) in [6.45, 7) is 4.35. The zero-order valence-corrected chi connectivity index (χ0v) is 20.6. The lowest BCUT2D eigenvalue weighted by molar-refractivity contribution is -0.117. The molecule has 0 radical (unpaired) electrons. The van der Waals surface area contributed by atoms with Crippen molar-refractivity contribution in [1.82, 2.24) is 10.3 Å². The number of nitrogens with zero attached hydrogens (tertiary/aromatic N) is 1. The Kier molecular flexibility index (Phi) is 12.7. The molecule has 1 amide bonds. The topological polar surface area (TPSA) is 51.2 Å². The Morgan fingerprint density at radius 3 is 2.58 bits per heavy atom. The van der Waals surface area contributed by atoms with Gasteiger partial charge in [-0.15, -0.1) is 0 Å². The molecule has 178 valence electrons. The van der Waals surface area contributed by atoms with Crippen LogP contribution in [0.4, 0.5) is 0 Å². The van der Waals surface area contributed by atoms with E-state index in [1.807, 2.05) is 30.5 Å². The molecule has 0 fully saturated rings. The highest BCUT2D eigenvalue weighted by Crippen LogP contribution is 2.24. The SMILES string of the molecule is CCCCCCC(=CC=CC(=O)N[C@H](CC)CCCc1cccnc1)c1ccc(OC)cc1. The summed E-state index contributed by atoms with van der Waals surface area (Å²) < 4.78 is 5.29. The van der Waals surface area contributed by atoms with Crippen molar-refractivity contribution in [2.75, 3.05) is 7.11 Å². The average molecular weight is 449 g/mol. The van der Waals surface area contributed by atoms with Gasteiger partial charge in [0.05, 0.1) is 7.11 Å². The number of hydrogen-bond acceptors (Lipinski definition) is 3. The minimum atomic E-state index is -0.0282. The van der Waals surface area contributed by atoms with Gasteiger partial charge in [0.1, 0.15) is 5.75 Å². The molecule has 0 bridgehead atoms. The van der Waals surface area contributed by atoms with Gasteiger partial charge < -0.3 is 10.1 Å². The maximum absolute atomic E-state index is 12.5. The number of hydrogen-bond donors (Lipinski definition) is 1. The van der Waals surface area contributed by atoms with E-state index in [0.717, 1.165) is 44.3 Å². The highest BCUT2D eigenvalue weighted by atomic mass is 16.5. The summed E-state index contributed by atoms with van der Waals surface area (Å²) in [4.78, 5) is 16.7. The standard InChI is InChI=1S/C29H40N2O2/c1-4-6-7-8-14-25(26-18-20-28(33-3)21-19-26)15-10-17-29(32)31-27(5-2)16-9-12-24-13-11-22-30-23-24/h10-11,13,15,17-23,27H,4-9,12,14,16H2,1-3H3,(H,31,32)/t27-/m1/s1. The Morgan fingerprint density at radius 2 is 1.91 bits per heavy atom. The van der Waals surface area contributed by atoms with Gasteiger partial charge in [0.2, 0.25) is 5.91 Å². The van der Waals surface area contributed by atoms with E-state index < -0.39 is 0 Å². The van der Waals surface area contributed by atoms with Gasteiger partial charge in [-0.3, -0.25) is 9.78 Å². The molecule has 1 N–H and O–H groups in total. The summed E-state index contributed by atoms with van der Waals surface area (Å²) in [6, 6.07) is 12.4. The molecule has 0 spiro atoms. The maximum atomic E-state index is 12.5. The second-order valence-electron chi connectivity index (χ2n) is 8.46. The molecule has 0 saturated carbocycles. The molecular weight excluding hydrogens is 408 g/mol. The summed E-state index contributed by atoms with van der Waals surface area (Å²) >= 11 is 0. The Morgan fingerprint density at radius 1 is 1.09 bits per heavy atom. The minimum Gasteiger partial charge on any atom is -0.497 e. The predicted octanol–water partition coefficient (Wildman–Crippen LogP) is 6.92. The predicted molar refractivity (Wildman–Crippen MR) is 138 cm³/mol. The van der Waals surface area contributed by atoms with Gasteiger partial charge in [0.25, 0.3) is 0 Å². The van der Waals surface area contributed by atoms with E-state index in [1.54, 1.807) is 19.4 Å². The van der Waals surface area contributed by atoms with Crippen molar-refractivity contribution in [3.05, 3.63) is 78.1 Å². The minimum absolute atomic E-state index is 0.0282. The molecule has 33 heavy (non-hydrogen) atoms. The largest absolute Gasteiger partial charge is 0.497 e. The monoisotopic (exact) mass is 448 g/mol. The van der Waals surface area contributed by atoms with Crippen LogP contribution in [0, 0.1) is 0 Å². The first-order chi connectivity index (χ1) is 16.2. The first-order valence-electron chi connectivity index (χ1n) is 12.4. The Balaban J connectivity index is 1.91. The Labute approximate surface area is 200 Å². The number of carbonyl (C=O) groups is 1. The molecule has 1 atom stereocenters. The molecule has 0 aliphatic heterocycles. The van der Waals surface area contributed by atoms with E-state index in [9.17, 15) is 4.79 Å². The summed E-state index contributed by atoms with van der Waals surface area (Å²) in [5.74, 6) is 0.827. The quantitative estimate of drug-likeness (QED) is 0.183. The van der Waals surface area contributed by atoms with Crippen molar-refractivity contribution in [3.63, 3.8) is 0 Å². The zero-order chi connectivity index (χ0) is 23.7. The Bertz CT molecular complexity index is 857. The van der Waals surface area contributed by atoms with Crippen LogP contribution >= 0.6 is 0 Å². The van der Waals surface area contributed by atoms with Crippen LogP contribution in [0.25, 0.3) is 5.57 Å². The first-order valence-corrected chi connectivity index (χ1v) is 12.4. The molecule has 1 heterocycles. The van der Waals surface area contributed by atoms with Gasteiger partial charge in [0.15, 0.2) is 0 Å². The Hall–Kier alpha value is -2.88. The molecular formula is C29H40N2O2. The van der Waals surface area contributed by atoms with Crippen LogP contribution in [0.15, 0.2) is 67.0 Å². The number of allylic oxidation sites excluding steroid dienone is 3. The van der Waals surface area contributed by atoms with Crippen molar-refractivity contribution in [1.29, 1.82) is 0 Å². The van der Waals surface area contributed by atoms with Crippen molar-refractivity contribution in [3.8, 4) is 5.75 Å². The summed E-state index contributed by atoms with van der Waals surface area (Å²) in [7, 11) is 1.68. The van der Waals surface area contributed by atoms with Crippen LogP contribution in [-0.4, -0.2) is 24.0 Å². The highest BCUT2D eigenvalue weighted by molar-refractivity contribution is 5.88. The van der Waals surface area contributed by atoms with E-state index >= 15 is 0 Å². The van der Waals surface area contributed by atoms with Crippen LogP contribution in [0.2, 0.25) is 0 Å².